The summed E-state index contributed by atoms with van der Waals surface area (Å²) in [6, 6.07) is 6.23. The van der Waals surface area contributed by atoms with Crippen molar-refractivity contribution in [3.63, 3.8) is 0 Å². The van der Waals surface area contributed by atoms with Gasteiger partial charge in [-0.3, -0.25) is 0 Å². The van der Waals surface area contributed by atoms with Crippen molar-refractivity contribution in [1.29, 1.82) is 0 Å². The summed E-state index contributed by atoms with van der Waals surface area (Å²) in [5.41, 5.74) is 0.109. The van der Waals surface area contributed by atoms with Crippen molar-refractivity contribution >= 4 is 12.1 Å². The maximum Gasteiger partial charge on any atom is 0.408 e. The number of aliphatic carboxylic acids is 1. The summed E-state index contributed by atoms with van der Waals surface area (Å²) < 4.78 is 10.7. The fraction of sp³-hybridized carbons (Fsp3) is 0.500. The van der Waals surface area contributed by atoms with E-state index in [1.165, 1.54) is 0 Å². The van der Waals surface area contributed by atoms with Crippen molar-refractivity contribution < 1.29 is 24.2 Å². The van der Waals surface area contributed by atoms with E-state index in [-0.39, 0.29) is 5.92 Å². The molecule has 0 aliphatic carbocycles. The maximum absolute atomic E-state index is 11.9. The van der Waals surface area contributed by atoms with Crippen molar-refractivity contribution in [2.45, 2.75) is 44.8 Å². The molecule has 0 fully saturated rings. The number of alkyl carbamates (subject to hydrolysis) is 1. The largest absolute Gasteiger partial charge is 0.493 e. The SMILES string of the molecule is CC(C)(C)OC(=O)N[C@H](C(=O)O)[C@H]1CCOc2ccccc21. The van der Waals surface area contributed by atoms with Gasteiger partial charge in [0, 0.05) is 5.92 Å². The second-order valence-corrected chi connectivity index (χ2v) is 6.24. The number of hydrogen-bond donors (Lipinski definition) is 2. The number of rotatable bonds is 3. The summed E-state index contributed by atoms with van der Waals surface area (Å²) in [6.45, 7) is 5.60. The Kier molecular flexibility index (Phi) is 4.59. The number of carbonyl (C=O) groups is 2. The van der Waals surface area contributed by atoms with Gasteiger partial charge in [0.15, 0.2) is 0 Å². The zero-order valence-electron chi connectivity index (χ0n) is 13.0. The monoisotopic (exact) mass is 307 g/mol. The first-order valence-corrected chi connectivity index (χ1v) is 7.22. The molecule has 0 spiro atoms. The van der Waals surface area contributed by atoms with E-state index in [1.807, 2.05) is 18.2 Å². The minimum absolute atomic E-state index is 0.352. The average molecular weight is 307 g/mol. The van der Waals surface area contributed by atoms with E-state index in [0.29, 0.717) is 18.8 Å². The number of para-hydroxylation sites is 1. The van der Waals surface area contributed by atoms with Gasteiger partial charge in [-0.2, -0.15) is 0 Å². The van der Waals surface area contributed by atoms with Crippen LogP contribution in [0.5, 0.6) is 5.75 Å². The van der Waals surface area contributed by atoms with Crippen molar-refractivity contribution in [2.24, 2.45) is 0 Å². The van der Waals surface area contributed by atoms with Crippen LogP contribution in [0.4, 0.5) is 4.79 Å². The fourth-order valence-corrected chi connectivity index (χ4v) is 2.48. The van der Waals surface area contributed by atoms with E-state index in [4.69, 9.17) is 9.47 Å². The lowest BCUT2D eigenvalue weighted by molar-refractivity contribution is -0.140. The molecule has 0 saturated heterocycles. The van der Waals surface area contributed by atoms with Crippen LogP contribution in [0, 0.1) is 0 Å². The molecule has 2 rings (SSSR count). The summed E-state index contributed by atoms with van der Waals surface area (Å²) >= 11 is 0. The lowest BCUT2D eigenvalue weighted by Crippen LogP contribution is -2.47. The van der Waals surface area contributed by atoms with E-state index in [0.717, 1.165) is 5.56 Å². The van der Waals surface area contributed by atoms with Gasteiger partial charge in [-0.1, -0.05) is 18.2 Å². The number of fused-ring (bicyclic) bond motifs is 1. The Morgan fingerprint density at radius 1 is 1.36 bits per heavy atom. The molecule has 0 bridgehead atoms. The predicted octanol–water partition coefficient (Wildman–Crippen LogP) is 2.53. The van der Waals surface area contributed by atoms with Crippen molar-refractivity contribution in [3.05, 3.63) is 29.8 Å². The van der Waals surface area contributed by atoms with Crippen LogP contribution in [-0.2, 0) is 9.53 Å². The lowest BCUT2D eigenvalue weighted by Gasteiger charge is -2.31. The number of carboxylic acids is 1. The first-order chi connectivity index (χ1) is 10.3. The molecular formula is C16H21NO5. The molecule has 0 aromatic heterocycles. The van der Waals surface area contributed by atoms with Gasteiger partial charge in [0.25, 0.3) is 0 Å². The van der Waals surface area contributed by atoms with Gasteiger partial charge >= 0.3 is 12.1 Å². The number of benzene rings is 1. The van der Waals surface area contributed by atoms with Crippen LogP contribution in [-0.4, -0.2) is 35.4 Å². The van der Waals surface area contributed by atoms with Gasteiger partial charge in [0.05, 0.1) is 6.61 Å². The second kappa shape index (κ2) is 6.25. The van der Waals surface area contributed by atoms with Crippen LogP contribution < -0.4 is 10.1 Å². The van der Waals surface area contributed by atoms with Gasteiger partial charge in [0.1, 0.15) is 17.4 Å². The minimum atomic E-state index is -1.09. The molecule has 120 valence electrons. The molecule has 1 aromatic rings. The smallest absolute Gasteiger partial charge is 0.408 e. The first kappa shape index (κ1) is 16.1. The number of nitrogens with one attached hydrogen (secondary N) is 1. The van der Waals surface area contributed by atoms with E-state index in [1.54, 1.807) is 26.8 Å². The highest BCUT2D eigenvalue weighted by atomic mass is 16.6. The summed E-state index contributed by atoms with van der Waals surface area (Å²) in [6.07, 6.45) is -0.215. The Hall–Kier alpha value is -2.24. The molecule has 2 N–H and O–H groups in total. The van der Waals surface area contributed by atoms with E-state index in [2.05, 4.69) is 5.32 Å². The third kappa shape index (κ3) is 3.90. The number of hydrogen-bond acceptors (Lipinski definition) is 4. The molecule has 0 unspecified atom stereocenters. The van der Waals surface area contributed by atoms with Gasteiger partial charge < -0.3 is 19.9 Å². The molecule has 0 saturated carbocycles. The quantitative estimate of drug-likeness (QED) is 0.896. The molecule has 6 heteroatoms. The standard InChI is InChI=1S/C16H21NO5/c1-16(2,3)22-15(20)17-13(14(18)19)11-8-9-21-12-7-5-4-6-10(11)12/h4-7,11,13H,8-9H2,1-3H3,(H,17,20)(H,18,19)/t11-,13-/m0/s1. The van der Waals surface area contributed by atoms with Crippen LogP contribution in [0.2, 0.25) is 0 Å². The highest BCUT2D eigenvalue weighted by molar-refractivity contribution is 5.81. The van der Waals surface area contributed by atoms with Gasteiger partial charge in [-0.15, -0.1) is 0 Å². The summed E-state index contributed by atoms with van der Waals surface area (Å²) in [5.74, 6) is -0.779. The maximum atomic E-state index is 11.9. The highest BCUT2D eigenvalue weighted by Crippen LogP contribution is 2.35. The Labute approximate surface area is 129 Å². The van der Waals surface area contributed by atoms with Crippen LogP contribution in [0.15, 0.2) is 24.3 Å². The van der Waals surface area contributed by atoms with Crippen molar-refractivity contribution in [2.75, 3.05) is 6.61 Å². The topological polar surface area (TPSA) is 84.9 Å². The average Bonchev–Trinajstić information content (AvgIpc) is 2.42. The Balaban J connectivity index is 2.19. The third-order valence-electron chi connectivity index (χ3n) is 3.35. The molecule has 1 aliphatic rings. The van der Waals surface area contributed by atoms with E-state index in [9.17, 15) is 14.7 Å². The Morgan fingerprint density at radius 2 is 2.05 bits per heavy atom. The zero-order valence-corrected chi connectivity index (χ0v) is 13.0. The summed E-state index contributed by atoms with van der Waals surface area (Å²) in [7, 11) is 0. The van der Waals surface area contributed by atoms with E-state index < -0.39 is 23.7 Å². The lowest BCUT2D eigenvalue weighted by atomic mass is 9.86. The van der Waals surface area contributed by atoms with Gasteiger partial charge in [-0.05, 0) is 38.8 Å². The molecule has 0 radical (unpaired) electrons. The fourth-order valence-electron chi connectivity index (χ4n) is 2.48. The third-order valence-corrected chi connectivity index (χ3v) is 3.35. The van der Waals surface area contributed by atoms with Crippen LogP contribution >= 0.6 is 0 Å². The molecule has 6 nitrogen and oxygen atoms in total. The zero-order chi connectivity index (χ0) is 16.3. The molecule has 2 atom stereocenters. The summed E-state index contributed by atoms with van der Waals surface area (Å²) in [4.78, 5) is 23.5. The number of amides is 1. The second-order valence-electron chi connectivity index (χ2n) is 6.24. The molecule has 1 heterocycles. The number of ether oxygens (including phenoxy) is 2. The molecule has 1 amide bonds. The van der Waals surface area contributed by atoms with Crippen LogP contribution in [0.25, 0.3) is 0 Å². The van der Waals surface area contributed by atoms with Crippen LogP contribution in [0.3, 0.4) is 0 Å². The van der Waals surface area contributed by atoms with Crippen molar-refractivity contribution in [1.82, 2.24) is 5.32 Å². The Bertz CT molecular complexity index is 564. The molecule has 1 aliphatic heterocycles. The van der Waals surface area contributed by atoms with Gasteiger partial charge in [-0.25, -0.2) is 9.59 Å². The summed E-state index contributed by atoms with van der Waals surface area (Å²) in [5, 5.41) is 12.0. The van der Waals surface area contributed by atoms with Gasteiger partial charge in [0.2, 0.25) is 0 Å². The first-order valence-electron chi connectivity index (χ1n) is 7.22. The van der Waals surface area contributed by atoms with Crippen LogP contribution in [0.1, 0.15) is 38.7 Å². The minimum Gasteiger partial charge on any atom is -0.493 e. The molecule has 22 heavy (non-hydrogen) atoms. The predicted molar refractivity (Wildman–Crippen MR) is 80.1 cm³/mol. The highest BCUT2D eigenvalue weighted by Gasteiger charge is 2.35. The number of carbonyl (C=O) groups excluding carboxylic acids is 1. The van der Waals surface area contributed by atoms with Crippen molar-refractivity contribution in [3.8, 4) is 5.75 Å². The molecule has 1 aromatic carbocycles. The van der Waals surface area contributed by atoms with E-state index >= 15 is 0 Å². The molecular weight excluding hydrogens is 286 g/mol. The Morgan fingerprint density at radius 3 is 2.68 bits per heavy atom. The normalized spacial score (nSPS) is 18.6. The number of carboxylic acid groups (broad SMARTS) is 1.